The molecule has 0 amide bonds. The zero-order chi connectivity index (χ0) is 14.2. The van der Waals surface area contributed by atoms with Gasteiger partial charge in [0.25, 0.3) is 0 Å². The third kappa shape index (κ3) is 2.11. The first-order valence-electron chi connectivity index (χ1n) is 7.53. The van der Waals surface area contributed by atoms with Crippen LogP contribution in [-0.4, -0.2) is 6.04 Å². The van der Waals surface area contributed by atoms with Crippen molar-refractivity contribution in [2.75, 3.05) is 5.32 Å². The van der Waals surface area contributed by atoms with Crippen LogP contribution in [0.5, 0.6) is 0 Å². The molecule has 1 heteroatoms. The van der Waals surface area contributed by atoms with Gasteiger partial charge in [-0.25, -0.2) is 0 Å². The Kier molecular flexibility index (Phi) is 3.29. The van der Waals surface area contributed by atoms with Gasteiger partial charge in [-0.2, -0.15) is 0 Å². The van der Waals surface area contributed by atoms with Gasteiger partial charge in [0.05, 0.1) is 0 Å². The lowest BCUT2D eigenvalue weighted by atomic mass is 9.68. The maximum Gasteiger partial charge on any atom is 0.0384 e. The summed E-state index contributed by atoms with van der Waals surface area (Å²) in [7, 11) is 0. The van der Waals surface area contributed by atoms with Crippen LogP contribution in [0.3, 0.4) is 0 Å². The molecule has 2 unspecified atom stereocenters. The van der Waals surface area contributed by atoms with E-state index in [-0.39, 0.29) is 5.41 Å². The number of nitrogens with one attached hydrogen (secondary N) is 1. The molecule has 0 bridgehead atoms. The van der Waals surface area contributed by atoms with Gasteiger partial charge in [0.1, 0.15) is 0 Å². The summed E-state index contributed by atoms with van der Waals surface area (Å²) in [5.74, 6) is 0.631. The fourth-order valence-electron chi connectivity index (χ4n) is 3.37. The van der Waals surface area contributed by atoms with E-state index in [0.717, 1.165) is 6.42 Å². The zero-order valence-electron chi connectivity index (χ0n) is 12.6. The van der Waals surface area contributed by atoms with Gasteiger partial charge < -0.3 is 5.32 Å². The standard InChI is InChI=1S/C19H23N/c1-14(2)18-13-19(3,15-9-5-4-6-10-15)16-11-7-8-12-17(16)20-18/h4-12,14,18,20H,13H2,1-3H3. The Morgan fingerprint density at radius 1 is 1.00 bits per heavy atom. The van der Waals surface area contributed by atoms with Crippen LogP contribution in [0.25, 0.3) is 0 Å². The van der Waals surface area contributed by atoms with Gasteiger partial charge in [0.2, 0.25) is 0 Å². The van der Waals surface area contributed by atoms with Gasteiger partial charge in [0, 0.05) is 17.1 Å². The molecular formula is C19H23N. The maximum atomic E-state index is 3.72. The van der Waals surface area contributed by atoms with Gasteiger partial charge in [-0.3, -0.25) is 0 Å². The van der Waals surface area contributed by atoms with E-state index in [0.29, 0.717) is 12.0 Å². The van der Waals surface area contributed by atoms with E-state index in [1.54, 1.807) is 0 Å². The smallest absolute Gasteiger partial charge is 0.0384 e. The van der Waals surface area contributed by atoms with E-state index in [1.165, 1.54) is 16.8 Å². The van der Waals surface area contributed by atoms with Crippen LogP contribution in [0.1, 0.15) is 38.3 Å². The predicted molar refractivity (Wildman–Crippen MR) is 86.2 cm³/mol. The SMILES string of the molecule is CC(C)C1CC(C)(c2ccccc2)c2ccccc2N1. The molecule has 1 aliphatic rings. The van der Waals surface area contributed by atoms with Crippen LogP contribution in [0.15, 0.2) is 54.6 Å². The molecule has 0 radical (unpaired) electrons. The Balaban J connectivity index is 2.14. The molecule has 0 aliphatic carbocycles. The topological polar surface area (TPSA) is 12.0 Å². The van der Waals surface area contributed by atoms with Crippen LogP contribution in [0, 0.1) is 5.92 Å². The second-order valence-electron chi connectivity index (χ2n) is 6.44. The summed E-state index contributed by atoms with van der Waals surface area (Å²) in [5.41, 5.74) is 4.23. The molecule has 2 atom stereocenters. The molecular weight excluding hydrogens is 242 g/mol. The van der Waals surface area contributed by atoms with Crippen LogP contribution in [0.2, 0.25) is 0 Å². The second-order valence-corrected chi connectivity index (χ2v) is 6.44. The summed E-state index contributed by atoms with van der Waals surface area (Å²) < 4.78 is 0. The molecule has 104 valence electrons. The highest BCUT2D eigenvalue weighted by molar-refractivity contribution is 5.61. The van der Waals surface area contributed by atoms with Crippen molar-refractivity contribution in [3.05, 3.63) is 65.7 Å². The summed E-state index contributed by atoms with van der Waals surface area (Å²) in [5, 5.41) is 3.72. The number of hydrogen-bond acceptors (Lipinski definition) is 1. The maximum absolute atomic E-state index is 3.72. The first kappa shape index (κ1) is 13.2. The molecule has 1 N–H and O–H groups in total. The molecule has 2 aromatic rings. The quantitative estimate of drug-likeness (QED) is 0.820. The average Bonchev–Trinajstić information content (AvgIpc) is 2.48. The lowest BCUT2D eigenvalue weighted by molar-refractivity contribution is 0.387. The van der Waals surface area contributed by atoms with Crippen LogP contribution >= 0.6 is 0 Å². The Labute approximate surface area is 122 Å². The largest absolute Gasteiger partial charge is 0.382 e. The van der Waals surface area contributed by atoms with Gasteiger partial charge >= 0.3 is 0 Å². The van der Waals surface area contributed by atoms with Gasteiger partial charge in [-0.05, 0) is 29.5 Å². The number of anilines is 1. The highest BCUT2D eigenvalue weighted by atomic mass is 14.9. The minimum absolute atomic E-state index is 0.0953. The van der Waals surface area contributed by atoms with Crippen molar-refractivity contribution in [3.8, 4) is 0 Å². The second kappa shape index (κ2) is 4.97. The highest BCUT2D eigenvalue weighted by Gasteiger charge is 2.38. The van der Waals surface area contributed by atoms with Gasteiger partial charge in [0.15, 0.2) is 0 Å². The molecule has 1 nitrogen and oxygen atoms in total. The van der Waals surface area contributed by atoms with Crippen molar-refractivity contribution >= 4 is 5.69 Å². The van der Waals surface area contributed by atoms with Crippen LogP contribution in [-0.2, 0) is 5.41 Å². The van der Waals surface area contributed by atoms with Crippen molar-refractivity contribution in [1.29, 1.82) is 0 Å². The lowest BCUT2D eigenvalue weighted by Gasteiger charge is -2.43. The Hall–Kier alpha value is -1.76. The van der Waals surface area contributed by atoms with E-state index in [4.69, 9.17) is 0 Å². The monoisotopic (exact) mass is 265 g/mol. The molecule has 0 aromatic heterocycles. The summed E-state index contributed by atoms with van der Waals surface area (Å²) in [6, 6.07) is 20.2. The van der Waals surface area contributed by atoms with Gasteiger partial charge in [-0.1, -0.05) is 69.3 Å². The number of hydrogen-bond donors (Lipinski definition) is 1. The van der Waals surface area contributed by atoms with E-state index in [1.807, 2.05) is 0 Å². The predicted octanol–water partition coefficient (Wildman–Crippen LogP) is 4.83. The summed E-state index contributed by atoms with van der Waals surface area (Å²) in [6.07, 6.45) is 1.14. The fourth-order valence-corrected chi connectivity index (χ4v) is 3.37. The summed E-state index contributed by atoms with van der Waals surface area (Å²) >= 11 is 0. The number of benzene rings is 2. The van der Waals surface area contributed by atoms with Crippen LogP contribution < -0.4 is 5.32 Å². The Morgan fingerprint density at radius 2 is 1.65 bits per heavy atom. The van der Waals surface area contributed by atoms with E-state index >= 15 is 0 Å². The highest BCUT2D eigenvalue weighted by Crippen LogP contribution is 2.45. The molecule has 20 heavy (non-hydrogen) atoms. The summed E-state index contributed by atoms with van der Waals surface area (Å²) in [4.78, 5) is 0. The van der Waals surface area contributed by atoms with Gasteiger partial charge in [-0.15, -0.1) is 0 Å². The van der Waals surface area contributed by atoms with Crippen molar-refractivity contribution in [3.63, 3.8) is 0 Å². The molecule has 0 saturated carbocycles. The molecule has 1 heterocycles. The number of rotatable bonds is 2. The van der Waals surface area contributed by atoms with Crippen molar-refractivity contribution in [2.24, 2.45) is 5.92 Å². The molecule has 1 aliphatic heterocycles. The van der Waals surface area contributed by atoms with Crippen molar-refractivity contribution in [2.45, 2.75) is 38.6 Å². The molecule has 2 aromatic carbocycles. The van der Waals surface area contributed by atoms with E-state index < -0.39 is 0 Å². The Bertz CT molecular complexity index is 588. The van der Waals surface area contributed by atoms with E-state index in [2.05, 4.69) is 80.7 Å². The summed E-state index contributed by atoms with van der Waals surface area (Å²) in [6.45, 7) is 6.99. The average molecular weight is 265 g/mol. The first-order valence-corrected chi connectivity index (χ1v) is 7.53. The third-order valence-electron chi connectivity index (χ3n) is 4.71. The fraction of sp³-hybridized carbons (Fsp3) is 0.368. The zero-order valence-corrected chi connectivity index (χ0v) is 12.6. The normalized spacial score (nSPS) is 25.1. The van der Waals surface area contributed by atoms with E-state index in [9.17, 15) is 0 Å². The van der Waals surface area contributed by atoms with Crippen LogP contribution in [0.4, 0.5) is 5.69 Å². The third-order valence-corrected chi connectivity index (χ3v) is 4.71. The molecule has 3 rings (SSSR count). The Morgan fingerprint density at radius 3 is 2.35 bits per heavy atom. The molecule has 0 saturated heterocycles. The van der Waals surface area contributed by atoms with Crippen molar-refractivity contribution < 1.29 is 0 Å². The minimum atomic E-state index is 0.0953. The minimum Gasteiger partial charge on any atom is -0.382 e. The lowest BCUT2D eigenvalue weighted by Crippen LogP contribution is -2.41. The number of para-hydroxylation sites is 1. The van der Waals surface area contributed by atoms with Crippen molar-refractivity contribution in [1.82, 2.24) is 0 Å². The molecule has 0 fully saturated rings. The number of fused-ring (bicyclic) bond motifs is 1. The first-order chi connectivity index (χ1) is 9.61. The molecule has 0 spiro atoms.